The number of hydrogen-bond donors (Lipinski definition) is 0. The summed E-state index contributed by atoms with van der Waals surface area (Å²) in [6.45, 7) is 5.46. The van der Waals surface area contributed by atoms with Gasteiger partial charge in [0.1, 0.15) is 0 Å². The first-order chi connectivity index (χ1) is 11.7. The largest absolute Gasteiger partial charge is 0.368 e. The van der Waals surface area contributed by atoms with Gasteiger partial charge in [0.2, 0.25) is 5.91 Å². The molecular formula is C20H24N2OS. The molecule has 1 unspecified atom stereocenters. The second kappa shape index (κ2) is 8.25. The maximum atomic E-state index is 12.6. The zero-order chi connectivity index (χ0) is 16.8. The highest BCUT2D eigenvalue weighted by Gasteiger charge is 2.25. The lowest BCUT2D eigenvalue weighted by molar-refractivity contribution is -0.130. The molecule has 0 aromatic heterocycles. The summed E-state index contributed by atoms with van der Waals surface area (Å²) in [7, 11) is 0. The second-order valence-electron chi connectivity index (χ2n) is 6.09. The number of hydrogen-bond acceptors (Lipinski definition) is 3. The third kappa shape index (κ3) is 4.32. The second-order valence-corrected chi connectivity index (χ2v) is 7.42. The highest BCUT2D eigenvalue weighted by atomic mass is 32.2. The maximum Gasteiger partial charge on any atom is 0.235 e. The Kier molecular flexibility index (Phi) is 5.81. The Hall–Kier alpha value is -1.94. The van der Waals surface area contributed by atoms with Crippen LogP contribution in [-0.4, -0.2) is 42.2 Å². The maximum absolute atomic E-state index is 12.6. The summed E-state index contributed by atoms with van der Waals surface area (Å²) in [5, 5.41) is 0.00785. The predicted molar refractivity (Wildman–Crippen MR) is 102 cm³/mol. The predicted octanol–water partition coefficient (Wildman–Crippen LogP) is 3.66. The summed E-state index contributed by atoms with van der Waals surface area (Å²) in [6, 6.07) is 20.8. The van der Waals surface area contributed by atoms with Gasteiger partial charge in [0.15, 0.2) is 0 Å². The van der Waals surface area contributed by atoms with Crippen LogP contribution in [-0.2, 0) is 10.5 Å². The molecule has 3 rings (SSSR count). The minimum Gasteiger partial charge on any atom is -0.368 e. The quantitative estimate of drug-likeness (QED) is 0.830. The van der Waals surface area contributed by atoms with E-state index in [0.29, 0.717) is 0 Å². The number of carbonyl (C=O) groups excluding carboxylic acids is 1. The molecule has 4 heteroatoms. The van der Waals surface area contributed by atoms with E-state index in [0.717, 1.165) is 31.9 Å². The van der Waals surface area contributed by atoms with Crippen LogP contribution in [0.1, 0.15) is 12.5 Å². The monoisotopic (exact) mass is 340 g/mol. The first kappa shape index (κ1) is 16.9. The van der Waals surface area contributed by atoms with Gasteiger partial charge < -0.3 is 9.80 Å². The smallest absolute Gasteiger partial charge is 0.235 e. The van der Waals surface area contributed by atoms with Crippen molar-refractivity contribution < 1.29 is 4.79 Å². The molecule has 2 aromatic rings. The lowest BCUT2D eigenvalue weighted by Gasteiger charge is -2.37. The number of amides is 1. The molecule has 126 valence electrons. The molecule has 24 heavy (non-hydrogen) atoms. The van der Waals surface area contributed by atoms with Gasteiger partial charge in [-0.1, -0.05) is 48.5 Å². The van der Waals surface area contributed by atoms with Crippen LogP contribution < -0.4 is 4.90 Å². The SMILES string of the molecule is CC(SCc1ccccc1)C(=O)N1CCN(c2ccccc2)CC1. The standard InChI is InChI=1S/C20H24N2OS/c1-17(24-16-18-8-4-2-5-9-18)20(23)22-14-12-21(13-15-22)19-10-6-3-7-11-19/h2-11,17H,12-16H2,1H3. The first-order valence-corrected chi connectivity index (χ1v) is 9.53. The minimum atomic E-state index is 0.00785. The Balaban J connectivity index is 1.48. The molecule has 0 spiro atoms. The number of carbonyl (C=O) groups is 1. The van der Waals surface area contributed by atoms with Gasteiger partial charge in [-0.2, -0.15) is 0 Å². The Morgan fingerprint density at radius 1 is 0.958 bits per heavy atom. The van der Waals surface area contributed by atoms with Gasteiger partial charge >= 0.3 is 0 Å². The molecule has 3 nitrogen and oxygen atoms in total. The van der Waals surface area contributed by atoms with E-state index >= 15 is 0 Å². The molecular weight excluding hydrogens is 316 g/mol. The van der Waals surface area contributed by atoms with Gasteiger partial charge in [0, 0.05) is 37.6 Å². The zero-order valence-electron chi connectivity index (χ0n) is 14.1. The van der Waals surface area contributed by atoms with Crippen LogP contribution in [0.3, 0.4) is 0 Å². The minimum absolute atomic E-state index is 0.00785. The van der Waals surface area contributed by atoms with Crippen molar-refractivity contribution in [2.75, 3.05) is 31.1 Å². The molecule has 1 saturated heterocycles. The van der Waals surface area contributed by atoms with Crippen molar-refractivity contribution in [3.63, 3.8) is 0 Å². The van der Waals surface area contributed by atoms with Crippen LogP contribution in [0.15, 0.2) is 60.7 Å². The summed E-state index contributed by atoms with van der Waals surface area (Å²) in [5.41, 5.74) is 2.52. The number of para-hydroxylation sites is 1. The van der Waals surface area contributed by atoms with E-state index in [9.17, 15) is 4.79 Å². The number of benzene rings is 2. The normalized spacial score (nSPS) is 16.0. The third-order valence-corrected chi connectivity index (χ3v) is 5.60. The van der Waals surface area contributed by atoms with Crippen LogP contribution >= 0.6 is 11.8 Å². The Morgan fingerprint density at radius 3 is 2.17 bits per heavy atom. The Labute approximate surface area is 148 Å². The fourth-order valence-electron chi connectivity index (χ4n) is 2.95. The summed E-state index contributed by atoms with van der Waals surface area (Å²) in [5.74, 6) is 1.15. The fourth-order valence-corrected chi connectivity index (χ4v) is 3.87. The molecule has 2 aromatic carbocycles. The van der Waals surface area contributed by atoms with Crippen molar-refractivity contribution in [1.82, 2.24) is 4.90 Å². The van der Waals surface area contributed by atoms with Gasteiger partial charge in [-0.15, -0.1) is 11.8 Å². The van der Waals surface area contributed by atoms with E-state index in [1.54, 1.807) is 11.8 Å². The van der Waals surface area contributed by atoms with E-state index in [2.05, 4.69) is 41.3 Å². The Bertz CT molecular complexity index is 639. The molecule has 0 saturated carbocycles. The molecule has 1 atom stereocenters. The summed E-state index contributed by atoms with van der Waals surface area (Å²) >= 11 is 1.72. The lowest BCUT2D eigenvalue weighted by atomic mass is 10.2. The molecule has 0 bridgehead atoms. The van der Waals surface area contributed by atoms with Gasteiger partial charge in [-0.05, 0) is 24.6 Å². The van der Waals surface area contributed by atoms with E-state index in [1.165, 1.54) is 11.3 Å². The Morgan fingerprint density at radius 2 is 1.54 bits per heavy atom. The topological polar surface area (TPSA) is 23.6 Å². The average Bonchev–Trinajstić information content (AvgIpc) is 2.67. The molecule has 1 aliphatic rings. The number of piperazine rings is 1. The van der Waals surface area contributed by atoms with Crippen molar-refractivity contribution >= 4 is 23.4 Å². The van der Waals surface area contributed by atoms with E-state index < -0.39 is 0 Å². The van der Waals surface area contributed by atoms with E-state index in [-0.39, 0.29) is 11.2 Å². The van der Waals surface area contributed by atoms with Crippen molar-refractivity contribution in [2.45, 2.75) is 17.9 Å². The van der Waals surface area contributed by atoms with Crippen molar-refractivity contribution in [3.8, 4) is 0 Å². The highest BCUT2D eigenvalue weighted by molar-refractivity contribution is 7.99. The summed E-state index contributed by atoms with van der Waals surface area (Å²) in [6.07, 6.45) is 0. The summed E-state index contributed by atoms with van der Waals surface area (Å²) < 4.78 is 0. The van der Waals surface area contributed by atoms with Gasteiger partial charge in [0.25, 0.3) is 0 Å². The van der Waals surface area contributed by atoms with Crippen molar-refractivity contribution in [2.24, 2.45) is 0 Å². The number of anilines is 1. The molecule has 1 aliphatic heterocycles. The number of thioether (sulfide) groups is 1. The van der Waals surface area contributed by atoms with Gasteiger partial charge in [0.05, 0.1) is 5.25 Å². The molecule has 0 radical (unpaired) electrons. The van der Waals surface area contributed by atoms with Crippen LogP contribution in [0.5, 0.6) is 0 Å². The fraction of sp³-hybridized carbons (Fsp3) is 0.350. The van der Waals surface area contributed by atoms with Crippen LogP contribution in [0.25, 0.3) is 0 Å². The molecule has 0 N–H and O–H groups in total. The highest BCUT2D eigenvalue weighted by Crippen LogP contribution is 2.21. The van der Waals surface area contributed by atoms with E-state index in [1.807, 2.05) is 36.1 Å². The van der Waals surface area contributed by atoms with Crippen molar-refractivity contribution in [1.29, 1.82) is 0 Å². The zero-order valence-corrected chi connectivity index (χ0v) is 14.9. The molecule has 1 amide bonds. The lowest BCUT2D eigenvalue weighted by Crippen LogP contribution is -2.50. The van der Waals surface area contributed by atoms with Crippen LogP contribution in [0.4, 0.5) is 5.69 Å². The third-order valence-electron chi connectivity index (χ3n) is 4.40. The molecule has 0 aliphatic carbocycles. The molecule has 1 heterocycles. The van der Waals surface area contributed by atoms with Gasteiger partial charge in [-0.25, -0.2) is 0 Å². The molecule has 1 fully saturated rings. The van der Waals surface area contributed by atoms with Crippen molar-refractivity contribution in [3.05, 3.63) is 66.2 Å². The average molecular weight is 340 g/mol. The van der Waals surface area contributed by atoms with E-state index in [4.69, 9.17) is 0 Å². The van der Waals surface area contributed by atoms with Crippen LogP contribution in [0.2, 0.25) is 0 Å². The number of nitrogens with zero attached hydrogens (tertiary/aromatic N) is 2. The summed E-state index contributed by atoms with van der Waals surface area (Å²) in [4.78, 5) is 17.0. The first-order valence-electron chi connectivity index (χ1n) is 8.48. The van der Waals surface area contributed by atoms with Crippen LogP contribution in [0, 0.1) is 0 Å². The van der Waals surface area contributed by atoms with Gasteiger partial charge in [-0.3, -0.25) is 4.79 Å². The number of rotatable bonds is 5.